The molecule has 1 atom stereocenters. The lowest BCUT2D eigenvalue weighted by Gasteiger charge is -2.35. The van der Waals surface area contributed by atoms with Gasteiger partial charge in [-0.2, -0.15) is 0 Å². The maximum atomic E-state index is 6.71. The molecule has 0 saturated heterocycles. The van der Waals surface area contributed by atoms with Crippen LogP contribution in [0, 0.1) is 20.8 Å². The van der Waals surface area contributed by atoms with Crippen LogP contribution in [0.15, 0.2) is 69.8 Å². The second-order valence-electron chi connectivity index (χ2n) is 7.93. The number of rotatable bonds is 4. The summed E-state index contributed by atoms with van der Waals surface area (Å²) < 4.78 is 18.1. The molecule has 3 nitrogen and oxygen atoms in total. The molecule has 1 aromatic heterocycles. The average molecular weight is 381 g/mol. The van der Waals surface area contributed by atoms with E-state index in [0.717, 1.165) is 28.3 Å². The van der Waals surface area contributed by atoms with Crippen LogP contribution in [0.3, 0.4) is 0 Å². The molecular formula is C23H28NO2P. The zero-order valence-electron chi connectivity index (χ0n) is 17.0. The van der Waals surface area contributed by atoms with Gasteiger partial charge in [0.15, 0.2) is 5.50 Å². The monoisotopic (exact) mass is 381 g/mol. The van der Waals surface area contributed by atoms with Crippen molar-refractivity contribution in [2.75, 3.05) is 0 Å². The molecule has 0 bridgehead atoms. The van der Waals surface area contributed by atoms with E-state index in [1.54, 1.807) is 0 Å². The van der Waals surface area contributed by atoms with Crippen LogP contribution in [0.1, 0.15) is 37.7 Å². The van der Waals surface area contributed by atoms with Crippen molar-refractivity contribution < 1.29 is 8.94 Å². The molecule has 3 aromatic rings. The first-order valence-corrected chi connectivity index (χ1v) is 10.9. The van der Waals surface area contributed by atoms with Crippen molar-refractivity contribution in [3.63, 3.8) is 0 Å². The van der Waals surface area contributed by atoms with Crippen LogP contribution < -0.4 is 10.0 Å². The highest BCUT2D eigenvalue weighted by molar-refractivity contribution is 7.70. The molecule has 0 radical (unpaired) electrons. The van der Waals surface area contributed by atoms with Crippen molar-refractivity contribution in [2.24, 2.45) is 4.74 Å². The normalized spacial score (nSPS) is 13.9. The number of hydrogen-bond acceptors (Lipinski definition) is 3. The Morgan fingerprint density at radius 1 is 0.889 bits per heavy atom. The Hall–Kier alpha value is -2.25. The van der Waals surface area contributed by atoms with E-state index in [1.165, 1.54) is 5.56 Å². The second kappa shape index (κ2) is 7.40. The van der Waals surface area contributed by atoms with Gasteiger partial charge in [-0.1, -0.05) is 56.7 Å². The molecule has 0 fully saturated rings. The van der Waals surface area contributed by atoms with Gasteiger partial charge in [-0.15, -0.1) is 0 Å². The van der Waals surface area contributed by atoms with Crippen molar-refractivity contribution in [3.8, 4) is 5.75 Å². The predicted octanol–water partition coefficient (Wildman–Crippen LogP) is 7.16. The summed E-state index contributed by atoms with van der Waals surface area (Å²) in [5, 5.41) is -0.246. The molecule has 0 aliphatic heterocycles. The van der Waals surface area contributed by atoms with Crippen LogP contribution in [0.5, 0.6) is 5.75 Å². The lowest BCUT2D eigenvalue weighted by molar-refractivity contribution is 0.527. The van der Waals surface area contributed by atoms with Crippen LogP contribution in [0.2, 0.25) is 0 Å². The maximum Gasteiger partial charge on any atom is 0.207 e. The number of aryl methyl sites for hydroxylation is 3. The van der Waals surface area contributed by atoms with E-state index in [9.17, 15) is 0 Å². The Morgan fingerprint density at radius 2 is 1.59 bits per heavy atom. The van der Waals surface area contributed by atoms with Crippen molar-refractivity contribution in [2.45, 2.75) is 46.7 Å². The molecule has 4 heteroatoms. The molecule has 0 spiro atoms. The van der Waals surface area contributed by atoms with Crippen LogP contribution >= 0.6 is 7.28 Å². The molecule has 0 N–H and O–H groups in total. The zero-order valence-corrected chi connectivity index (χ0v) is 17.9. The van der Waals surface area contributed by atoms with Crippen molar-refractivity contribution in [1.29, 1.82) is 0 Å². The highest BCUT2D eigenvalue weighted by Crippen LogP contribution is 2.62. The van der Waals surface area contributed by atoms with Crippen LogP contribution in [-0.4, -0.2) is 5.16 Å². The summed E-state index contributed by atoms with van der Waals surface area (Å²) in [4.78, 5) is 0. The van der Waals surface area contributed by atoms with E-state index in [1.807, 2.05) is 49.4 Å². The fourth-order valence-electron chi connectivity index (χ4n) is 3.02. The summed E-state index contributed by atoms with van der Waals surface area (Å²) in [6, 6.07) is 20.3. The summed E-state index contributed by atoms with van der Waals surface area (Å²) in [5.41, 5.74) is 4.14. The first-order chi connectivity index (χ1) is 12.7. The van der Waals surface area contributed by atoms with Gasteiger partial charge in [0.05, 0.1) is 5.69 Å². The van der Waals surface area contributed by atoms with E-state index >= 15 is 0 Å². The molecule has 0 amide bonds. The molecule has 1 heterocycles. The fourth-order valence-corrected chi connectivity index (χ4v) is 5.98. The van der Waals surface area contributed by atoms with Gasteiger partial charge >= 0.3 is 0 Å². The third-order valence-electron chi connectivity index (χ3n) is 4.52. The minimum absolute atomic E-state index is 0.246. The lowest BCUT2D eigenvalue weighted by atomic mass is 10.1. The quantitative estimate of drug-likeness (QED) is 0.450. The van der Waals surface area contributed by atoms with E-state index in [-0.39, 0.29) is 5.16 Å². The van der Waals surface area contributed by atoms with Gasteiger partial charge in [-0.25, -0.2) is 4.74 Å². The smallest absolute Gasteiger partial charge is 0.207 e. The molecule has 2 aromatic carbocycles. The number of para-hydroxylation sites is 1. The summed E-state index contributed by atoms with van der Waals surface area (Å²) in [6.45, 7) is 12.7. The molecule has 0 aliphatic rings. The second-order valence-corrected chi connectivity index (χ2v) is 11.2. The van der Waals surface area contributed by atoms with Crippen LogP contribution in [-0.2, 0) is 0 Å². The third-order valence-corrected chi connectivity index (χ3v) is 8.14. The van der Waals surface area contributed by atoms with Gasteiger partial charge in [-0.05, 0) is 56.7 Å². The third kappa shape index (κ3) is 4.04. The Kier molecular flexibility index (Phi) is 5.35. The topological polar surface area (TPSA) is 34.7 Å². The molecule has 0 unspecified atom stereocenters. The summed E-state index contributed by atoms with van der Waals surface area (Å²) >= 11 is 0. The van der Waals surface area contributed by atoms with Gasteiger partial charge < -0.3 is 8.94 Å². The first kappa shape index (κ1) is 19.5. The van der Waals surface area contributed by atoms with Crippen LogP contribution in [0.4, 0.5) is 5.69 Å². The Bertz CT molecular complexity index is 981. The summed E-state index contributed by atoms with van der Waals surface area (Å²) in [6.07, 6.45) is 0. The molecule has 142 valence electrons. The number of furan rings is 1. The minimum Gasteiger partial charge on any atom is -0.457 e. The van der Waals surface area contributed by atoms with Crippen molar-refractivity contribution >= 4 is 18.5 Å². The first-order valence-electron chi connectivity index (χ1n) is 9.23. The van der Waals surface area contributed by atoms with E-state index in [0.29, 0.717) is 0 Å². The minimum atomic E-state index is -2.54. The van der Waals surface area contributed by atoms with Crippen molar-refractivity contribution in [1.82, 2.24) is 0 Å². The average Bonchev–Trinajstić information content (AvgIpc) is 3.03. The van der Waals surface area contributed by atoms with E-state index < -0.39 is 7.28 Å². The molecule has 0 saturated carbocycles. The van der Waals surface area contributed by atoms with Crippen LogP contribution in [0.25, 0.3) is 0 Å². The van der Waals surface area contributed by atoms with Gasteiger partial charge in [0.25, 0.3) is 0 Å². The predicted molar refractivity (Wildman–Crippen MR) is 115 cm³/mol. The van der Waals surface area contributed by atoms with Crippen molar-refractivity contribution in [3.05, 3.63) is 77.6 Å². The number of benzene rings is 2. The maximum absolute atomic E-state index is 6.71. The molecule has 3 rings (SSSR count). The van der Waals surface area contributed by atoms with Gasteiger partial charge in [0, 0.05) is 5.16 Å². The fraction of sp³-hybridized carbons (Fsp3) is 0.304. The Labute approximate surface area is 162 Å². The highest BCUT2D eigenvalue weighted by atomic mass is 31.2. The summed E-state index contributed by atoms with van der Waals surface area (Å²) in [7, 11) is -2.54. The largest absolute Gasteiger partial charge is 0.457 e. The molecule has 0 aliphatic carbocycles. The number of hydrogen-bond donors (Lipinski definition) is 0. The van der Waals surface area contributed by atoms with E-state index in [2.05, 4.69) is 52.8 Å². The summed E-state index contributed by atoms with van der Waals surface area (Å²) in [5.74, 6) is 1.68. The van der Waals surface area contributed by atoms with Gasteiger partial charge in [0.2, 0.25) is 7.28 Å². The SMILES string of the molecule is Cc1ccc(N=[P@](Oc2ccccc2)(c2ccc(C)o2)C(C)(C)C)c(C)c1. The van der Waals surface area contributed by atoms with Gasteiger partial charge in [-0.3, -0.25) is 0 Å². The van der Waals surface area contributed by atoms with Gasteiger partial charge in [0.1, 0.15) is 11.5 Å². The standard InChI is InChI=1S/C23H28NO2P/c1-17-12-14-21(18(2)16-17)24-27(23(4,5)6,22-15-13-19(3)25-22)26-20-10-8-7-9-11-20/h7-16H,1-6H3/t27-/m0/s1. The molecular weight excluding hydrogens is 353 g/mol. The lowest BCUT2D eigenvalue weighted by Crippen LogP contribution is -2.26. The number of nitrogens with zero attached hydrogens (tertiary/aromatic N) is 1. The van der Waals surface area contributed by atoms with E-state index in [4.69, 9.17) is 13.7 Å². The Morgan fingerprint density at radius 3 is 2.15 bits per heavy atom. The zero-order chi connectivity index (χ0) is 19.7. The highest BCUT2D eigenvalue weighted by Gasteiger charge is 2.41. The molecule has 27 heavy (non-hydrogen) atoms. The Balaban J connectivity index is 2.31.